The molecular formula is C16H21Cl2N3. The summed E-state index contributed by atoms with van der Waals surface area (Å²) in [5.41, 5.74) is 2.00. The molecule has 1 aromatic carbocycles. The van der Waals surface area contributed by atoms with E-state index in [0.29, 0.717) is 16.9 Å². The number of hydrogen-bond acceptors (Lipinski definition) is 2. The van der Waals surface area contributed by atoms with Crippen LogP contribution in [0.15, 0.2) is 18.2 Å². The van der Waals surface area contributed by atoms with Crippen molar-refractivity contribution in [3.8, 4) is 0 Å². The molecule has 1 heterocycles. The van der Waals surface area contributed by atoms with E-state index in [1.165, 1.54) is 12.8 Å². The highest BCUT2D eigenvalue weighted by Crippen LogP contribution is 2.29. The van der Waals surface area contributed by atoms with Gasteiger partial charge in [0.05, 0.1) is 10.5 Å². The molecule has 5 heteroatoms. The standard InChI is InChI=1S/C16H21Cl2N3/c1-11(20(2)12-6-7-12)10-21-14-5-3-4-13(18)16(14)19-15(21)8-9-17/h3-5,11-12H,6-10H2,1-2H3. The van der Waals surface area contributed by atoms with E-state index in [2.05, 4.69) is 29.5 Å². The smallest absolute Gasteiger partial charge is 0.111 e. The number of nitrogens with zero attached hydrogens (tertiary/aromatic N) is 3. The minimum absolute atomic E-state index is 0.475. The predicted molar refractivity (Wildman–Crippen MR) is 89.4 cm³/mol. The van der Waals surface area contributed by atoms with Gasteiger partial charge < -0.3 is 4.57 Å². The van der Waals surface area contributed by atoms with Gasteiger partial charge in [0.25, 0.3) is 0 Å². The van der Waals surface area contributed by atoms with Crippen LogP contribution in [-0.2, 0) is 13.0 Å². The molecule has 1 aromatic heterocycles. The number of aryl methyl sites for hydroxylation is 1. The maximum absolute atomic E-state index is 6.28. The summed E-state index contributed by atoms with van der Waals surface area (Å²) in [6.45, 7) is 3.20. The number of benzene rings is 1. The summed E-state index contributed by atoms with van der Waals surface area (Å²) in [6, 6.07) is 7.21. The summed E-state index contributed by atoms with van der Waals surface area (Å²) in [7, 11) is 2.22. The Morgan fingerprint density at radius 3 is 2.86 bits per heavy atom. The molecule has 1 aliphatic carbocycles. The number of para-hydroxylation sites is 1. The van der Waals surface area contributed by atoms with Gasteiger partial charge in [-0.3, -0.25) is 4.90 Å². The second-order valence-corrected chi connectivity index (χ2v) is 6.72. The Labute approximate surface area is 135 Å². The number of hydrogen-bond donors (Lipinski definition) is 0. The van der Waals surface area contributed by atoms with Crippen LogP contribution in [0.25, 0.3) is 11.0 Å². The van der Waals surface area contributed by atoms with E-state index in [0.717, 1.165) is 35.9 Å². The van der Waals surface area contributed by atoms with Crippen LogP contribution in [0, 0.1) is 0 Å². The Balaban J connectivity index is 1.94. The molecule has 1 atom stereocenters. The molecule has 0 bridgehead atoms. The minimum atomic E-state index is 0.475. The molecule has 2 aromatic rings. The van der Waals surface area contributed by atoms with Crippen LogP contribution in [0.4, 0.5) is 0 Å². The molecule has 1 saturated carbocycles. The molecule has 114 valence electrons. The molecule has 0 spiro atoms. The predicted octanol–water partition coefficient (Wildman–Crippen LogP) is 3.95. The van der Waals surface area contributed by atoms with E-state index in [1.807, 2.05) is 12.1 Å². The van der Waals surface area contributed by atoms with E-state index in [-0.39, 0.29) is 0 Å². The van der Waals surface area contributed by atoms with Crippen LogP contribution < -0.4 is 0 Å². The topological polar surface area (TPSA) is 21.1 Å². The highest BCUT2D eigenvalue weighted by molar-refractivity contribution is 6.34. The van der Waals surface area contributed by atoms with Gasteiger partial charge in [0, 0.05) is 30.9 Å². The molecule has 0 saturated heterocycles. The summed E-state index contributed by atoms with van der Waals surface area (Å²) in [4.78, 5) is 7.18. The SMILES string of the molecule is CC(Cn1c(CCCl)nc2c(Cl)cccc21)N(C)C1CC1. The van der Waals surface area contributed by atoms with Crippen LogP contribution in [0.3, 0.4) is 0 Å². The van der Waals surface area contributed by atoms with Gasteiger partial charge in [-0.25, -0.2) is 4.98 Å². The van der Waals surface area contributed by atoms with E-state index in [1.54, 1.807) is 0 Å². The number of alkyl halides is 1. The second-order valence-electron chi connectivity index (χ2n) is 5.93. The molecule has 1 aliphatic rings. The molecule has 21 heavy (non-hydrogen) atoms. The van der Waals surface area contributed by atoms with Crippen molar-refractivity contribution in [1.29, 1.82) is 0 Å². The van der Waals surface area contributed by atoms with E-state index >= 15 is 0 Å². The summed E-state index contributed by atoms with van der Waals surface area (Å²) < 4.78 is 2.28. The molecule has 0 aliphatic heterocycles. The number of rotatable bonds is 6. The van der Waals surface area contributed by atoms with Crippen LogP contribution in [-0.4, -0.2) is 39.5 Å². The molecule has 0 radical (unpaired) electrons. The lowest BCUT2D eigenvalue weighted by Gasteiger charge is -2.25. The highest BCUT2D eigenvalue weighted by Gasteiger charge is 2.29. The Bertz CT molecular complexity index is 634. The fourth-order valence-electron chi connectivity index (χ4n) is 2.87. The van der Waals surface area contributed by atoms with Gasteiger partial charge in [-0.05, 0) is 38.9 Å². The monoisotopic (exact) mass is 325 g/mol. The van der Waals surface area contributed by atoms with Gasteiger partial charge in [0.15, 0.2) is 0 Å². The first-order valence-corrected chi connectivity index (χ1v) is 8.44. The number of halogens is 2. The van der Waals surface area contributed by atoms with Gasteiger partial charge >= 0.3 is 0 Å². The van der Waals surface area contributed by atoms with Crippen molar-refractivity contribution in [3.05, 3.63) is 29.0 Å². The van der Waals surface area contributed by atoms with E-state index < -0.39 is 0 Å². The van der Waals surface area contributed by atoms with Gasteiger partial charge in [-0.1, -0.05) is 17.7 Å². The Morgan fingerprint density at radius 1 is 1.43 bits per heavy atom. The summed E-state index contributed by atoms with van der Waals surface area (Å²) in [6.07, 6.45) is 3.42. The van der Waals surface area contributed by atoms with Crippen molar-refractivity contribution in [2.45, 2.75) is 44.8 Å². The third-order valence-corrected chi connectivity index (χ3v) is 4.89. The molecule has 0 N–H and O–H groups in total. The van der Waals surface area contributed by atoms with E-state index in [4.69, 9.17) is 28.2 Å². The summed E-state index contributed by atoms with van der Waals surface area (Å²) in [5, 5.41) is 0.713. The van der Waals surface area contributed by atoms with Crippen molar-refractivity contribution in [3.63, 3.8) is 0 Å². The minimum Gasteiger partial charge on any atom is -0.326 e. The van der Waals surface area contributed by atoms with Crippen LogP contribution in [0.1, 0.15) is 25.6 Å². The number of likely N-dealkylation sites (N-methyl/N-ethyl adjacent to an activating group) is 1. The zero-order chi connectivity index (χ0) is 15.0. The highest BCUT2D eigenvalue weighted by atomic mass is 35.5. The first-order valence-electron chi connectivity index (χ1n) is 7.53. The van der Waals surface area contributed by atoms with Crippen LogP contribution in [0.5, 0.6) is 0 Å². The lowest BCUT2D eigenvalue weighted by molar-refractivity contribution is 0.226. The Hall–Kier alpha value is -0.770. The van der Waals surface area contributed by atoms with Gasteiger partial charge in [0.1, 0.15) is 11.3 Å². The molecular weight excluding hydrogens is 305 g/mol. The van der Waals surface area contributed by atoms with Gasteiger partial charge in [-0.2, -0.15) is 0 Å². The summed E-state index contributed by atoms with van der Waals surface area (Å²) >= 11 is 12.2. The van der Waals surface area contributed by atoms with Crippen LogP contribution >= 0.6 is 23.2 Å². The Morgan fingerprint density at radius 2 is 2.19 bits per heavy atom. The molecule has 0 amide bonds. The first kappa shape index (κ1) is 15.1. The second kappa shape index (κ2) is 6.15. The zero-order valence-electron chi connectivity index (χ0n) is 12.5. The normalized spacial score (nSPS) is 16.8. The molecule has 1 fully saturated rings. The number of fused-ring (bicyclic) bond motifs is 1. The fraction of sp³-hybridized carbons (Fsp3) is 0.562. The largest absolute Gasteiger partial charge is 0.326 e. The maximum Gasteiger partial charge on any atom is 0.111 e. The zero-order valence-corrected chi connectivity index (χ0v) is 14.0. The molecule has 3 nitrogen and oxygen atoms in total. The number of imidazole rings is 1. The molecule has 1 unspecified atom stereocenters. The van der Waals surface area contributed by atoms with Crippen molar-refractivity contribution in [2.75, 3.05) is 12.9 Å². The average Bonchev–Trinajstić information content (AvgIpc) is 3.25. The average molecular weight is 326 g/mol. The maximum atomic E-state index is 6.28. The van der Waals surface area contributed by atoms with Crippen molar-refractivity contribution in [2.24, 2.45) is 0 Å². The third-order valence-electron chi connectivity index (χ3n) is 4.39. The van der Waals surface area contributed by atoms with E-state index in [9.17, 15) is 0 Å². The van der Waals surface area contributed by atoms with Gasteiger partial charge in [0.2, 0.25) is 0 Å². The first-order chi connectivity index (χ1) is 10.1. The lowest BCUT2D eigenvalue weighted by atomic mass is 10.2. The third kappa shape index (κ3) is 3.05. The van der Waals surface area contributed by atoms with Crippen molar-refractivity contribution < 1.29 is 0 Å². The Kier molecular flexibility index (Phi) is 4.43. The molecule has 3 rings (SSSR count). The van der Waals surface area contributed by atoms with Gasteiger partial charge in [-0.15, -0.1) is 11.6 Å². The quantitative estimate of drug-likeness (QED) is 0.750. The number of aromatic nitrogens is 2. The fourth-order valence-corrected chi connectivity index (χ4v) is 3.26. The lowest BCUT2D eigenvalue weighted by Crippen LogP contribution is -2.34. The van der Waals surface area contributed by atoms with Crippen molar-refractivity contribution >= 4 is 34.2 Å². The summed E-state index contributed by atoms with van der Waals surface area (Å²) in [5.74, 6) is 1.61. The van der Waals surface area contributed by atoms with Crippen molar-refractivity contribution in [1.82, 2.24) is 14.5 Å². The van der Waals surface area contributed by atoms with Crippen LogP contribution in [0.2, 0.25) is 5.02 Å².